The van der Waals surface area contributed by atoms with Gasteiger partial charge >= 0.3 is 0 Å². The van der Waals surface area contributed by atoms with Crippen LogP contribution in [0.15, 0.2) is 24.3 Å². The zero-order valence-corrected chi connectivity index (χ0v) is 18.1. The van der Waals surface area contributed by atoms with Crippen LogP contribution in [0, 0.1) is 6.92 Å². The number of aliphatic hydroxyl groups is 1. The topological polar surface area (TPSA) is 33.1 Å². The van der Waals surface area contributed by atoms with Gasteiger partial charge in [-0.3, -0.25) is 4.98 Å². The van der Waals surface area contributed by atoms with Gasteiger partial charge in [-0.25, -0.2) is 0 Å². The molecule has 2 aromatic rings. The lowest BCUT2D eigenvalue weighted by Crippen LogP contribution is -2.13. The number of hydrogen-bond donors (Lipinski definition) is 1. The monoisotopic (exact) mass is 367 g/mol. The molecule has 27 heavy (non-hydrogen) atoms. The second kappa shape index (κ2) is 10.0. The van der Waals surface area contributed by atoms with Crippen molar-refractivity contribution in [1.82, 2.24) is 4.98 Å². The molecule has 0 saturated heterocycles. The van der Waals surface area contributed by atoms with E-state index in [4.69, 9.17) is 4.98 Å². The number of hydrogen-bond acceptors (Lipinski definition) is 2. The number of unbranched alkanes of at least 4 members (excludes halogenated alkanes) is 2. The molecule has 1 heterocycles. The van der Waals surface area contributed by atoms with Gasteiger partial charge in [0.05, 0.1) is 0 Å². The van der Waals surface area contributed by atoms with E-state index < -0.39 is 0 Å². The van der Waals surface area contributed by atoms with E-state index in [9.17, 15) is 5.11 Å². The number of rotatable bonds is 9. The number of aromatic nitrogens is 1. The molecule has 1 aromatic heterocycles. The Morgan fingerprint density at radius 3 is 1.89 bits per heavy atom. The van der Waals surface area contributed by atoms with Crippen LogP contribution in [0.1, 0.15) is 93.8 Å². The minimum atomic E-state index is 0.162. The first kappa shape index (κ1) is 21.6. The molecule has 0 saturated carbocycles. The summed E-state index contributed by atoms with van der Waals surface area (Å²) in [5.41, 5.74) is 8.92. The van der Waals surface area contributed by atoms with E-state index >= 15 is 0 Å². The van der Waals surface area contributed by atoms with Crippen molar-refractivity contribution in [2.24, 2.45) is 0 Å². The lowest BCUT2D eigenvalue weighted by Gasteiger charge is -2.25. The average molecular weight is 368 g/mol. The predicted octanol–water partition coefficient (Wildman–Crippen LogP) is 6.57. The molecule has 2 rings (SSSR count). The van der Waals surface area contributed by atoms with Crippen molar-refractivity contribution in [2.45, 2.75) is 85.5 Å². The third kappa shape index (κ3) is 5.19. The fourth-order valence-corrected chi connectivity index (χ4v) is 3.90. The highest BCUT2D eigenvalue weighted by atomic mass is 16.2. The van der Waals surface area contributed by atoms with Crippen molar-refractivity contribution in [1.29, 1.82) is 0 Å². The molecule has 0 bridgehead atoms. The van der Waals surface area contributed by atoms with Crippen molar-refractivity contribution in [3.63, 3.8) is 0 Å². The smallest absolute Gasteiger partial charge is 0.0472 e. The lowest BCUT2D eigenvalue weighted by molar-refractivity contribution is 0.299. The molecule has 2 nitrogen and oxygen atoms in total. The molecule has 0 amide bonds. The largest absolute Gasteiger partial charge is 0.396 e. The minimum absolute atomic E-state index is 0.162. The predicted molar refractivity (Wildman–Crippen MR) is 117 cm³/mol. The van der Waals surface area contributed by atoms with E-state index in [0.717, 1.165) is 12.1 Å². The maximum atomic E-state index is 9.80. The number of aliphatic hydroxyl groups excluding tert-OH is 1. The quantitative estimate of drug-likeness (QED) is 0.508. The van der Waals surface area contributed by atoms with Gasteiger partial charge in [0.2, 0.25) is 0 Å². The third-order valence-electron chi connectivity index (χ3n) is 5.29. The molecule has 2 heteroatoms. The number of benzene rings is 1. The minimum Gasteiger partial charge on any atom is -0.396 e. The first-order valence-electron chi connectivity index (χ1n) is 10.6. The van der Waals surface area contributed by atoms with Crippen molar-refractivity contribution >= 4 is 0 Å². The molecule has 0 aliphatic rings. The van der Waals surface area contributed by atoms with Gasteiger partial charge in [0, 0.05) is 18.0 Å². The molecule has 1 aromatic carbocycles. The van der Waals surface area contributed by atoms with Crippen molar-refractivity contribution in [3.05, 3.63) is 52.3 Å². The van der Waals surface area contributed by atoms with Crippen molar-refractivity contribution in [2.75, 3.05) is 6.61 Å². The Morgan fingerprint density at radius 1 is 0.852 bits per heavy atom. The second-order valence-corrected chi connectivity index (χ2v) is 8.32. The highest BCUT2D eigenvalue weighted by molar-refractivity contribution is 5.73. The molecule has 0 unspecified atom stereocenters. The number of aryl methyl sites for hydroxylation is 1. The molecular formula is C25H37NO. The van der Waals surface area contributed by atoms with Crippen LogP contribution in [0.2, 0.25) is 0 Å². The van der Waals surface area contributed by atoms with Crippen molar-refractivity contribution in [3.8, 4) is 11.1 Å². The molecule has 0 atom stereocenters. The molecule has 0 aliphatic heterocycles. The van der Waals surface area contributed by atoms with E-state index in [-0.39, 0.29) is 6.61 Å². The molecule has 1 N–H and O–H groups in total. The van der Waals surface area contributed by atoms with E-state index in [1.54, 1.807) is 0 Å². The van der Waals surface area contributed by atoms with Crippen LogP contribution in [0.4, 0.5) is 0 Å². The summed E-state index contributed by atoms with van der Waals surface area (Å²) < 4.78 is 0. The molecule has 0 radical (unpaired) electrons. The summed E-state index contributed by atoms with van der Waals surface area (Å²) in [7, 11) is 0. The summed E-state index contributed by atoms with van der Waals surface area (Å²) in [6.07, 6.45) is 5.39. The summed E-state index contributed by atoms with van der Waals surface area (Å²) in [4.78, 5) is 5.16. The standard InChI is InChI=1S/C25H37NO/c1-7-8-9-10-21-23(20-13-11-19(6)12-14-20)22(15-16-27)25(18(4)5)26-24(21)17(2)3/h11-14,17-18,27H,7-10,15-16H2,1-6H3. The lowest BCUT2D eigenvalue weighted by atomic mass is 9.84. The van der Waals surface area contributed by atoms with Crippen molar-refractivity contribution < 1.29 is 5.11 Å². The van der Waals surface area contributed by atoms with Gasteiger partial charge in [0.25, 0.3) is 0 Å². The first-order chi connectivity index (χ1) is 12.9. The Morgan fingerprint density at radius 2 is 1.41 bits per heavy atom. The average Bonchev–Trinajstić information content (AvgIpc) is 2.62. The van der Waals surface area contributed by atoms with Crippen LogP contribution >= 0.6 is 0 Å². The maximum absolute atomic E-state index is 9.80. The Hall–Kier alpha value is -1.67. The highest BCUT2D eigenvalue weighted by Gasteiger charge is 2.23. The van der Waals surface area contributed by atoms with E-state index in [0.29, 0.717) is 18.3 Å². The number of pyridine rings is 1. The van der Waals surface area contributed by atoms with Gasteiger partial charge in [0.1, 0.15) is 0 Å². The van der Waals surface area contributed by atoms with Gasteiger partial charge in [-0.1, -0.05) is 77.3 Å². The van der Waals surface area contributed by atoms with Gasteiger partial charge in [-0.15, -0.1) is 0 Å². The second-order valence-electron chi connectivity index (χ2n) is 8.32. The Balaban J connectivity index is 2.79. The maximum Gasteiger partial charge on any atom is 0.0472 e. The van der Waals surface area contributed by atoms with Crippen LogP contribution in [-0.4, -0.2) is 16.7 Å². The highest BCUT2D eigenvalue weighted by Crippen LogP contribution is 2.37. The number of nitrogens with zero attached hydrogens (tertiary/aromatic N) is 1. The summed E-state index contributed by atoms with van der Waals surface area (Å²) in [5.74, 6) is 0.740. The van der Waals surface area contributed by atoms with E-state index in [2.05, 4.69) is 65.8 Å². The molecule has 0 spiro atoms. The van der Waals surface area contributed by atoms with Crippen LogP contribution in [0.5, 0.6) is 0 Å². The van der Waals surface area contributed by atoms with Crippen LogP contribution in [-0.2, 0) is 12.8 Å². The molecule has 0 aliphatic carbocycles. The van der Waals surface area contributed by atoms with Gasteiger partial charge < -0.3 is 5.11 Å². The Kier molecular flexibility index (Phi) is 8.04. The SMILES string of the molecule is CCCCCc1c(C(C)C)nc(C(C)C)c(CCO)c1-c1ccc(C)cc1. The van der Waals surface area contributed by atoms with Crippen LogP contribution in [0.25, 0.3) is 11.1 Å². The van der Waals surface area contributed by atoms with E-state index in [1.165, 1.54) is 52.8 Å². The summed E-state index contributed by atoms with van der Waals surface area (Å²) in [6, 6.07) is 8.86. The Bertz CT molecular complexity index is 729. The Labute approximate surface area is 166 Å². The molecule has 148 valence electrons. The zero-order chi connectivity index (χ0) is 20.0. The van der Waals surface area contributed by atoms with E-state index in [1.807, 2.05) is 0 Å². The molecule has 0 fully saturated rings. The first-order valence-corrected chi connectivity index (χ1v) is 10.6. The third-order valence-corrected chi connectivity index (χ3v) is 5.29. The summed E-state index contributed by atoms with van der Waals surface area (Å²) >= 11 is 0. The zero-order valence-electron chi connectivity index (χ0n) is 18.1. The van der Waals surface area contributed by atoms with Gasteiger partial charge in [0.15, 0.2) is 0 Å². The fourth-order valence-electron chi connectivity index (χ4n) is 3.90. The van der Waals surface area contributed by atoms with Gasteiger partial charge in [-0.2, -0.15) is 0 Å². The fraction of sp³-hybridized carbons (Fsp3) is 0.560. The normalized spacial score (nSPS) is 11.6. The summed E-state index contributed by atoms with van der Waals surface area (Å²) in [5, 5.41) is 9.80. The van der Waals surface area contributed by atoms with Crippen LogP contribution in [0.3, 0.4) is 0 Å². The molecular weight excluding hydrogens is 330 g/mol. The van der Waals surface area contributed by atoms with Gasteiger partial charge in [-0.05, 0) is 60.3 Å². The van der Waals surface area contributed by atoms with Crippen LogP contribution < -0.4 is 0 Å². The summed E-state index contributed by atoms with van der Waals surface area (Å²) in [6.45, 7) is 13.5.